The van der Waals surface area contributed by atoms with E-state index in [2.05, 4.69) is 36.3 Å². The number of nitrogens with zero attached hydrogens (tertiary/aromatic N) is 2. The Morgan fingerprint density at radius 2 is 1.93 bits per heavy atom. The number of nitrogens with two attached hydrogens (primary N) is 1. The number of amides is 2. The number of aliphatic imine (C=N–C) groups is 1. The Balaban J connectivity index is 0.00000420. The number of carbonyl (C=O) groups excluding carboxylic acids is 2. The molecule has 1 fully saturated rings. The van der Waals surface area contributed by atoms with Crippen molar-refractivity contribution in [2.24, 2.45) is 22.6 Å². The number of halogens is 1. The highest BCUT2D eigenvalue weighted by molar-refractivity contribution is 14.0. The van der Waals surface area contributed by atoms with Crippen LogP contribution in [-0.4, -0.2) is 48.9 Å². The van der Waals surface area contributed by atoms with Gasteiger partial charge in [-0.05, 0) is 49.3 Å². The maximum atomic E-state index is 11.9. The second-order valence-electron chi connectivity index (χ2n) is 7.75. The zero-order chi connectivity index (χ0) is 20.5. The summed E-state index contributed by atoms with van der Waals surface area (Å²) in [4.78, 5) is 29.8. The topological polar surface area (TPSA) is 99.8 Å². The van der Waals surface area contributed by atoms with Crippen LogP contribution in [0.5, 0.6) is 0 Å². The van der Waals surface area contributed by atoms with E-state index in [9.17, 15) is 9.59 Å². The largest absolute Gasteiger partial charge is 0.368 e. The molecule has 0 bridgehead atoms. The van der Waals surface area contributed by atoms with Crippen molar-refractivity contribution in [3.63, 3.8) is 0 Å². The van der Waals surface area contributed by atoms with Gasteiger partial charge in [0.15, 0.2) is 5.96 Å². The van der Waals surface area contributed by atoms with Gasteiger partial charge in [-0.15, -0.1) is 24.0 Å². The van der Waals surface area contributed by atoms with Crippen molar-refractivity contribution >= 4 is 41.8 Å². The number of hydrogen-bond donors (Lipinski definition) is 3. The molecule has 7 nitrogen and oxygen atoms in total. The lowest BCUT2D eigenvalue weighted by Crippen LogP contribution is -2.40. The van der Waals surface area contributed by atoms with Crippen molar-refractivity contribution < 1.29 is 9.59 Å². The van der Waals surface area contributed by atoms with Gasteiger partial charge < -0.3 is 21.3 Å². The van der Waals surface area contributed by atoms with Gasteiger partial charge in [0.25, 0.3) is 5.91 Å². The molecule has 2 amide bonds. The minimum Gasteiger partial charge on any atom is -0.368 e. The van der Waals surface area contributed by atoms with Gasteiger partial charge in [-0.3, -0.25) is 9.59 Å². The Kier molecular flexibility index (Phi) is 11.0. The third kappa shape index (κ3) is 8.59. The summed E-state index contributed by atoms with van der Waals surface area (Å²) >= 11 is 0. The van der Waals surface area contributed by atoms with Crippen molar-refractivity contribution in [3.8, 4) is 0 Å². The van der Waals surface area contributed by atoms with E-state index >= 15 is 0 Å². The normalized spacial score (nSPS) is 16.5. The van der Waals surface area contributed by atoms with Crippen LogP contribution in [0.25, 0.3) is 0 Å². The van der Waals surface area contributed by atoms with Gasteiger partial charge in [0, 0.05) is 25.2 Å². The maximum Gasteiger partial charge on any atom is 0.251 e. The molecule has 162 valence electrons. The minimum absolute atomic E-state index is 0. The summed E-state index contributed by atoms with van der Waals surface area (Å²) in [7, 11) is 0. The number of hydrogen-bond acceptors (Lipinski definition) is 3. The summed E-state index contributed by atoms with van der Waals surface area (Å²) in [5, 5.41) is 5.88. The molecule has 1 aromatic carbocycles. The minimum atomic E-state index is -0.562. The van der Waals surface area contributed by atoms with Crippen LogP contribution < -0.4 is 16.4 Å². The van der Waals surface area contributed by atoms with Crippen molar-refractivity contribution in [1.29, 1.82) is 0 Å². The molecular weight excluding hydrogens is 481 g/mol. The smallest absolute Gasteiger partial charge is 0.251 e. The first-order valence-electron chi connectivity index (χ1n) is 10.1. The molecule has 1 atom stereocenters. The summed E-state index contributed by atoms with van der Waals surface area (Å²) in [5.41, 5.74) is 6.57. The standard InChI is InChI=1S/C21H33N5O2.HI/c1-4-23-21(26-10-9-17(14-26)11-15(2)3)25-12-16-5-7-18(8-6-16)20(28)24-13-19(22)27;/h5-8,15,17H,4,9-14H2,1-3H3,(H2,22,27)(H,23,25)(H,24,28);1H. The summed E-state index contributed by atoms with van der Waals surface area (Å²) in [6.07, 6.45) is 2.48. The molecule has 0 aromatic heterocycles. The fourth-order valence-corrected chi connectivity index (χ4v) is 3.51. The summed E-state index contributed by atoms with van der Waals surface area (Å²) in [6.45, 7) is 9.96. The first-order chi connectivity index (χ1) is 13.4. The van der Waals surface area contributed by atoms with Gasteiger partial charge in [0.1, 0.15) is 0 Å². The molecule has 4 N–H and O–H groups in total. The van der Waals surface area contributed by atoms with E-state index in [0.29, 0.717) is 12.1 Å². The van der Waals surface area contributed by atoms with Gasteiger partial charge >= 0.3 is 0 Å². The van der Waals surface area contributed by atoms with Crippen molar-refractivity contribution in [1.82, 2.24) is 15.5 Å². The van der Waals surface area contributed by atoms with E-state index in [1.807, 2.05) is 12.1 Å². The van der Waals surface area contributed by atoms with E-state index in [1.165, 1.54) is 12.8 Å². The van der Waals surface area contributed by atoms with E-state index in [0.717, 1.165) is 43.0 Å². The summed E-state index contributed by atoms with van der Waals surface area (Å²) in [5.74, 6) is 1.55. The predicted octanol–water partition coefficient (Wildman–Crippen LogP) is 2.35. The molecule has 0 spiro atoms. The van der Waals surface area contributed by atoms with Crippen molar-refractivity contribution in [2.75, 3.05) is 26.2 Å². The molecule has 1 aliphatic rings. The highest BCUT2D eigenvalue weighted by atomic mass is 127. The van der Waals surface area contributed by atoms with Crippen LogP contribution >= 0.6 is 24.0 Å². The Hall–Kier alpha value is -1.84. The molecule has 0 saturated carbocycles. The second-order valence-corrected chi connectivity index (χ2v) is 7.75. The predicted molar refractivity (Wildman–Crippen MR) is 127 cm³/mol. The molecule has 29 heavy (non-hydrogen) atoms. The molecule has 1 saturated heterocycles. The lowest BCUT2D eigenvalue weighted by Gasteiger charge is -2.22. The Labute approximate surface area is 190 Å². The molecule has 0 radical (unpaired) electrons. The van der Waals surface area contributed by atoms with Gasteiger partial charge in [-0.2, -0.15) is 0 Å². The third-order valence-corrected chi connectivity index (χ3v) is 4.78. The van der Waals surface area contributed by atoms with Gasteiger partial charge in [-0.25, -0.2) is 4.99 Å². The van der Waals surface area contributed by atoms with E-state index in [1.54, 1.807) is 12.1 Å². The molecule has 1 aromatic rings. The number of carbonyl (C=O) groups is 2. The van der Waals surface area contributed by atoms with Gasteiger partial charge in [0.2, 0.25) is 5.91 Å². The number of likely N-dealkylation sites (tertiary alicyclic amines) is 1. The van der Waals surface area contributed by atoms with Crippen LogP contribution in [-0.2, 0) is 11.3 Å². The van der Waals surface area contributed by atoms with Crippen LogP contribution in [0.15, 0.2) is 29.3 Å². The molecule has 8 heteroatoms. The Morgan fingerprint density at radius 1 is 1.24 bits per heavy atom. The van der Waals surface area contributed by atoms with Gasteiger partial charge in [0.05, 0.1) is 13.1 Å². The molecule has 0 aliphatic carbocycles. The quantitative estimate of drug-likeness (QED) is 0.281. The van der Waals surface area contributed by atoms with Crippen LogP contribution in [0.3, 0.4) is 0 Å². The van der Waals surface area contributed by atoms with Gasteiger partial charge in [-0.1, -0.05) is 26.0 Å². The SMILES string of the molecule is CCNC(=NCc1ccc(C(=O)NCC(N)=O)cc1)N1CCC(CC(C)C)C1.I. The average Bonchev–Trinajstić information content (AvgIpc) is 3.11. The highest BCUT2D eigenvalue weighted by Gasteiger charge is 2.25. The molecule has 1 unspecified atom stereocenters. The highest BCUT2D eigenvalue weighted by Crippen LogP contribution is 2.23. The Morgan fingerprint density at radius 3 is 2.52 bits per heavy atom. The van der Waals surface area contributed by atoms with Crippen molar-refractivity contribution in [2.45, 2.75) is 40.2 Å². The number of rotatable bonds is 8. The number of primary amides is 1. The lowest BCUT2D eigenvalue weighted by atomic mass is 9.97. The molecule has 1 aliphatic heterocycles. The molecule has 1 heterocycles. The number of nitrogens with one attached hydrogen (secondary N) is 2. The van der Waals surface area contributed by atoms with E-state index < -0.39 is 5.91 Å². The van der Waals surface area contributed by atoms with Crippen LogP contribution in [0.2, 0.25) is 0 Å². The molecular formula is C21H34IN5O2. The van der Waals surface area contributed by atoms with Crippen LogP contribution in [0.4, 0.5) is 0 Å². The Bertz CT molecular complexity index is 691. The van der Waals surface area contributed by atoms with E-state index in [4.69, 9.17) is 10.7 Å². The first-order valence-corrected chi connectivity index (χ1v) is 10.1. The summed E-state index contributed by atoms with van der Waals surface area (Å²) < 4.78 is 0. The summed E-state index contributed by atoms with van der Waals surface area (Å²) in [6, 6.07) is 7.25. The fourth-order valence-electron chi connectivity index (χ4n) is 3.51. The maximum absolute atomic E-state index is 11.9. The monoisotopic (exact) mass is 515 g/mol. The molecule has 2 rings (SSSR count). The second kappa shape index (κ2) is 12.7. The third-order valence-electron chi connectivity index (χ3n) is 4.78. The zero-order valence-electron chi connectivity index (χ0n) is 17.6. The number of guanidine groups is 1. The van der Waals surface area contributed by atoms with Crippen molar-refractivity contribution in [3.05, 3.63) is 35.4 Å². The fraction of sp³-hybridized carbons (Fsp3) is 0.571. The first kappa shape index (κ1) is 25.2. The number of benzene rings is 1. The van der Waals surface area contributed by atoms with Crippen LogP contribution in [0.1, 0.15) is 49.5 Å². The lowest BCUT2D eigenvalue weighted by molar-refractivity contribution is -0.117. The van der Waals surface area contributed by atoms with E-state index in [-0.39, 0.29) is 36.4 Å². The van der Waals surface area contributed by atoms with Crippen LogP contribution in [0, 0.1) is 11.8 Å². The average molecular weight is 515 g/mol. The zero-order valence-corrected chi connectivity index (χ0v) is 19.9.